The quantitative estimate of drug-likeness (QED) is 0.407. The first-order valence-corrected chi connectivity index (χ1v) is 7.80. The van der Waals surface area contributed by atoms with Crippen LogP contribution in [0.2, 0.25) is 0 Å². The lowest BCUT2D eigenvalue weighted by molar-refractivity contribution is -0.525. The summed E-state index contributed by atoms with van der Waals surface area (Å²) in [7, 11) is 0. The van der Waals surface area contributed by atoms with Crippen molar-refractivity contribution in [3.63, 3.8) is 0 Å². The highest BCUT2D eigenvalue weighted by atomic mass is 79.9. The van der Waals surface area contributed by atoms with E-state index in [2.05, 4.69) is 56.9 Å². The molecule has 1 spiro atoms. The van der Waals surface area contributed by atoms with Crippen molar-refractivity contribution in [2.45, 2.75) is 23.0 Å². The predicted molar refractivity (Wildman–Crippen MR) is 77.0 cm³/mol. The molecule has 0 amide bonds. The van der Waals surface area contributed by atoms with E-state index in [0.717, 1.165) is 25.9 Å². The van der Waals surface area contributed by atoms with Gasteiger partial charge in [0.15, 0.2) is 5.60 Å². The molecule has 5 rings (SSSR count). The van der Waals surface area contributed by atoms with Gasteiger partial charge in [0.1, 0.15) is 17.6 Å². The number of rotatable bonds is 0. The minimum Gasteiger partial charge on any atom is -0.338 e. The summed E-state index contributed by atoms with van der Waals surface area (Å²) >= 11 is 3.75. The Bertz CT molecular complexity index is 664. The third-order valence-electron chi connectivity index (χ3n) is 5.10. The third-order valence-corrected chi connectivity index (χ3v) is 5.85. The molecule has 0 aliphatic carbocycles. The number of benzene rings is 1. The van der Waals surface area contributed by atoms with Gasteiger partial charge in [-0.3, -0.25) is 0 Å². The molecule has 2 bridgehead atoms. The lowest BCUT2D eigenvalue weighted by Gasteiger charge is -2.23. The summed E-state index contributed by atoms with van der Waals surface area (Å²) in [5.41, 5.74) is 4.12. The van der Waals surface area contributed by atoms with Crippen LogP contribution in [0.25, 0.3) is 0 Å². The van der Waals surface area contributed by atoms with Gasteiger partial charge in [0, 0.05) is 18.4 Å². The van der Waals surface area contributed by atoms with Crippen molar-refractivity contribution < 1.29 is 9.31 Å². The van der Waals surface area contributed by atoms with Crippen LogP contribution in [0.4, 0.5) is 0 Å². The van der Waals surface area contributed by atoms with Crippen molar-refractivity contribution in [2.24, 2.45) is 5.92 Å². The number of nitrogens with zero attached hydrogens (tertiary/aromatic N) is 1. The summed E-state index contributed by atoms with van der Waals surface area (Å²) < 4.78 is 8.77. The van der Waals surface area contributed by atoms with E-state index in [4.69, 9.17) is 4.74 Å². The minimum absolute atomic E-state index is 0.167. The van der Waals surface area contributed by atoms with E-state index in [9.17, 15) is 0 Å². The molecule has 0 saturated carbocycles. The summed E-state index contributed by atoms with van der Waals surface area (Å²) in [4.78, 5) is 0. The maximum absolute atomic E-state index is 6.42. The van der Waals surface area contributed by atoms with Gasteiger partial charge in [-0.2, -0.15) is 0 Å². The van der Waals surface area contributed by atoms with Crippen molar-refractivity contribution >= 4 is 21.6 Å². The fraction of sp³-hybridized carbons (Fsp3) is 0.438. The molecule has 3 atom stereocenters. The first-order chi connectivity index (χ1) is 9.20. The second-order valence-electron chi connectivity index (χ2n) is 6.12. The summed E-state index contributed by atoms with van der Waals surface area (Å²) in [6, 6.07) is 8.82. The van der Waals surface area contributed by atoms with Crippen molar-refractivity contribution in [1.29, 1.82) is 0 Å². The van der Waals surface area contributed by atoms with Gasteiger partial charge in [-0.25, -0.2) is 4.58 Å². The van der Waals surface area contributed by atoms with Gasteiger partial charge in [0.05, 0.1) is 5.92 Å². The molecule has 0 unspecified atom stereocenters. The SMILES string of the molecule is Br[C@@]12C=C[C@]3(O1)C1=[N+](CCc4ccccc41)C[C@H]3C2. The van der Waals surface area contributed by atoms with Gasteiger partial charge in [-0.1, -0.05) is 18.2 Å². The fourth-order valence-electron chi connectivity index (χ4n) is 4.35. The third kappa shape index (κ3) is 1.19. The van der Waals surface area contributed by atoms with Crippen LogP contribution in [-0.4, -0.2) is 33.5 Å². The zero-order chi connectivity index (χ0) is 12.7. The summed E-state index contributed by atoms with van der Waals surface area (Å²) in [5.74, 6) is 0.595. The van der Waals surface area contributed by atoms with Gasteiger partial charge in [0.25, 0.3) is 0 Å². The second-order valence-corrected chi connectivity index (χ2v) is 7.46. The predicted octanol–water partition coefficient (Wildman–Crippen LogP) is 2.49. The van der Waals surface area contributed by atoms with Crippen LogP contribution in [0.5, 0.6) is 0 Å². The van der Waals surface area contributed by atoms with E-state index in [1.54, 1.807) is 0 Å². The number of alkyl halides is 1. The smallest absolute Gasteiger partial charge is 0.220 e. The summed E-state index contributed by atoms with van der Waals surface area (Å²) in [6.45, 7) is 2.28. The molecule has 4 heterocycles. The molecule has 96 valence electrons. The average Bonchev–Trinajstić information content (AvgIpc) is 2.99. The highest BCUT2D eigenvalue weighted by Gasteiger charge is 2.67. The second kappa shape index (κ2) is 3.21. The molecule has 0 aromatic heterocycles. The van der Waals surface area contributed by atoms with E-state index in [1.165, 1.54) is 16.8 Å². The zero-order valence-electron chi connectivity index (χ0n) is 10.6. The number of fused-ring (bicyclic) bond motifs is 3. The molecule has 4 aliphatic rings. The lowest BCUT2D eigenvalue weighted by Crippen LogP contribution is -2.41. The molecule has 19 heavy (non-hydrogen) atoms. The van der Waals surface area contributed by atoms with Crippen LogP contribution in [-0.2, 0) is 11.2 Å². The van der Waals surface area contributed by atoms with Gasteiger partial charge in [0.2, 0.25) is 5.71 Å². The number of ether oxygens (including phenoxy) is 1. The molecule has 4 aliphatic heterocycles. The maximum atomic E-state index is 6.42. The Morgan fingerprint density at radius 3 is 3.05 bits per heavy atom. The largest absolute Gasteiger partial charge is 0.338 e. The molecule has 1 aromatic carbocycles. The number of hydrogen-bond acceptors (Lipinski definition) is 1. The van der Waals surface area contributed by atoms with E-state index in [1.807, 2.05) is 0 Å². The molecule has 0 radical (unpaired) electrons. The monoisotopic (exact) mass is 316 g/mol. The Hall–Kier alpha value is -0.930. The zero-order valence-corrected chi connectivity index (χ0v) is 12.2. The normalized spacial score (nSPS) is 41.4. The first kappa shape index (κ1) is 10.8. The molecular weight excluding hydrogens is 302 g/mol. The Morgan fingerprint density at radius 2 is 2.16 bits per heavy atom. The van der Waals surface area contributed by atoms with Crippen LogP contribution in [0.15, 0.2) is 36.4 Å². The van der Waals surface area contributed by atoms with Crippen molar-refractivity contribution in [3.8, 4) is 0 Å². The Balaban J connectivity index is 1.76. The average molecular weight is 317 g/mol. The molecular formula is C16H15BrNO+. The van der Waals surface area contributed by atoms with Crippen LogP contribution < -0.4 is 0 Å². The highest BCUT2D eigenvalue weighted by Crippen LogP contribution is 2.56. The van der Waals surface area contributed by atoms with Crippen LogP contribution in [0.3, 0.4) is 0 Å². The number of hydrogen-bond donors (Lipinski definition) is 0. The van der Waals surface area contributed by atoms with Gasteiger partial charge in [-0.05, 0) is 39.7 Å². The summed E-state index contributed by atoms with van der Waals surface area (Å²) in [6.07, 6.45) is 6.75. The minimum atomic E-state index is -0.205. The Kier molecular flexibility index (Phi) is 1.83. The standard InChI is InChI=1S/C16H15BrNO/c17-15-6-7-16(19-15)12(9-15)10-18-8-5-11-3-1-2-4-13(11)14(16)18/h1-4,6-7,12H,5,8-10H2/q+1/t12-,15+,16-/m1/s1. The topological polar surface area (TPSA) is 12.2 Å². The van der Waals surface area contributed by atoms with Crippen molar-refractivity contribution in [1.82, 2.24) is 0 Å². The van der Waals surface area contributed by atoms with Gasteiger partial charge in [-0.15, -0.1) is 0 Å². The Morgan fingerprint density at radius 1 is 1.26 bits per heavy atom. The van der Waals surface area contributed by atoms with Gasteiger partial charge < -0.3 is 4.74 Å². The van der Waals surface area contributed by atoms with Crippen LogP contribution in [0.1, 0.15) is 17.5 Å². The molecule has 3 heteroatoms. The first-order valence-electron chi connectivity index (χ1n) is 7.00. The Labute approximate surface area is 120 Å². The van der Waals surface area contributed by atoms with E-state index >= 15 is 0 Å². The van der Waals surface area contributed by atoms with E-state index in [0.29, 0.717) is 5.92 Å². The molecule has 1 saturated heterocycles. The highest BCUT2D eigenvalue weighted by molar-refractivity contribution is 9.10. The molecule has 1 aromatic rings. The molecule has 0 N–H and O–H groups in total. The van der Waals surface area contributed by atoms with Crippen molar-refractivity contribution in [2.75, 3.05) is 13.1 Å². The molecule has 2 nitrogen and oxygen atoms in total. The summed E-state index contributed by atoms with van der Waals surface area (Å²) in [5, 5.41) is 0. The van der Waals surface area contributed by atoms with E-state index in [-0.39, 0.29) is 10.1 Å². The lowest BCUT2D eigenvalue weighted by atomic mass is 9.79. The fourth-order valence-corrected chi connectivity index (χ4v) is 5.14. The molecule has 1 fully saturated rings. The van der Waals surface area contributed by atoms with Crippen LogP contribution >= 0.6 is 15.9 Å². The maximum Gasteiger partial charge on any atom is 0.220 e. The number of halogens is 1. The van der Waals surface area contributed by atoms with Crippen molar-refractivity contribution in [3.05, 3.63) is 47.5 Å². The van der Waals surface area contributed by atoms with E-state index < -0.39 is 0 Å². The van der Waals surface area contributed by atoms with Crippen LogP contribution in [0, 0.1) is 5.92 Å². The van der Waals surface area contributed by atoms with Gasteiger partial charge >= 0.3 is 0 Å².